The summed E-state index contributed by atoms with van der Waals surface area (Å²) in [5.74, 6) is -1.02. The summed E-state index contributed by atoms with van der Waals surface area (Å²) in [7, 11) is 0. The molecule has 1 aromatic carbocycles. The number of carbonyl (C=O) groups is 1. The number of β-amino-alcohol motifs (C(OH)–C–C–N with tert-alkyl or cyclic N) is 1. The van der Waals surface area contributed by atoms with Crippen molar-refractivity contribution in [1.82, 2.24) is 4.90 Å². The smallest absolute Gasteiger partial charge is 0.256 e. The largest absolute Gasteiger partial charge is 0.391 e. The van der Waals surface area contributed by atoms with Gasteiger partial charge in [0, 0.05) is 18.1 Å². The van der Waals surface area contributed by atoms with E-state index in [2.05, 4.69) is 0 Å². The number of carbonyl (C=O) groups excluding carboxylic acids is 1. The zero-order valence-electron chi connectivity index (χ0n) is 8.49. The fourth-order valence-electron chi connectivity index (χ4n) is 1.76. The Labute approximate surface area is 97.4 Å². The molecule has 3 nitrogen and oxygen atoms in total. The second-order valence-corrected chi connectivity index (χ2v) is 4.25. The Morgan fingerprint density at radius 2 is 2.31 bits per heavy atom. The highest BCUT2D eigenvalue weighted by atomic mass is 35.5. The lowest BCUT2D eigenvalue weighted by molar-refractivity contribution is 0.0760. The first-order chi connectivity index (χ1) is 7.58. The molecular formula is C11H11ClFNO2. The number of hydrogen-bond donors (Lipinski definition) is 1. The van der Waals surface area contributed by atoms with Crippen molar-refractivity contribution in [3.05, 3.63) is 34.6 Å². The molecule has 0 saturated carbocycles. The van der Waals surface area contributed by atoms with Crippen molar-refractivity contribution in [3.63, 3.8) is 0 Å². The van der Waals surface area contributed by atoms with Crippen LogP contribution in [0.25, 0.3) is 0 Å². The third-order valence-corrected chi connectivity index (χ3v) is 2.85. The van der Waals surface area contributed by atoms with E-state index in [0.717, 1.165) is 6.07 Å². The third kappa shape index (κ3) is 2.18. The summed E-state index contributed by atoms with van der Waals surface area (Å²) in [6.45, 7) is 0.725. The normalized spacial score (nSPS) is 20.2. The number of hydrogen-bond acceptors (Lipinski definition) is 2. The molecule has 1 heterocycles. The highest BCUT2D eigenvalue weighted by Gasteiger charge is 2.26. The second-order valence-electron chi connectivity index (χ2n) is 3.82. The van der Waals surface area contributed by atoms with E-state index in [0.29, 0.717) is 13.0 Å². The fourth-order valence-corrected chi connectivity index (χ4v) is 1.92. The number of likely N-dealkylation sites (tertiary alicyclic amines) is 1. The predicted octanol–water partition coefficient (Wildman–Crippen LogP) is 1.69. The van der Waals surface area contributed by atoms with Gasteiger partial charge in [-0.05, 0) is 24.6 Å². The van der Waals surface area contributed by atoms with E-state index in [-0.39, 0.29) is 17.1 Å². The van der Waals surface area contributed by atoms with Crippen molar-refractivity contribution in [3.8, 4) is 0 Å². The van der Waals surface area contributed by atoms with E-state index in [9.17, 15) is 14.3 Å². The molecule has 5 heteroatoms. The van der Waals surface area contributed by atoms with Gasteiger partial charge in [0.15, 0.2) is 0 Å². The highest BCUT2D eigenvalue weighted by molar-refractivity contribution is 6.30. The molecule has 0 spiro atoms. The van der Waals surface area contributed by atoms with Gasteiger partial charge in [0.25, 0.3) is 5.91 Å². The van der Waals surface area contributed by atoms with Crippen molar-refractivity contribution in [2.75, 3.05) is 13.1 Å². The Morgan fingerprint density at radius 3 is 2.88 bits per heavy atom. The van der Waals surface area contributed by atoms with E-state index < -0.39 is 17.8 Å². The molecule has 1 saturated heterocycles. The second kappa shape index (κ2) is 4.39. The first kappa shape index (κ1) is 11.4. The van der Waals surface area contributed by atoms with Gasteiger partial charge in [0.1, 0.15) is 5.82 Å². The van der Waals surface area contributed by atoms with Crippen LogP contribution in [0.15, 0.2) is 18.2 Å². The van der Waals surface area contributed by atoms with Gasteiger partial charge in [-0.25, -0.2) is 4.39 Å². The van der Waals surface area contributed by atoms with Gasteiger partial charge in [-0.2, -0.15) is 0 Å². The molecule has 1 fully saturated rings. The van der Waals surface area contributed by atoms with E-state index in [1.54, 1.807) is 0 Å². The summed E-state index contributed by atoms with van der Waals surface area (Å²) in [6, 6.07) is 3.95. The molecule has 1 aliphatic heterocycles. The lowest BCUT2D eigenvalue weighted by atomic mass is 10.2. The summed E-state index contributed by atoms with van der Waals surface area (Å²) < 4.78 is 13.5. The Hall–Kier alpha value is -1.13. The average molecular weight is 244 g/mol. The van der Waals surface area contributed by atoms with Crippen LogP contribution in [0.1, 0.15) is 16.8 Å². The molecule has 1 N–H and O–H groups in total. The van der Waals surface area contributed by atoms with Gasteiger partial charge in [0.2, 0.25) is 0 Å². The molecule has 1 aliphatic rings. The summed E-state index contributed by atoms with van der Waals surface area (Å²) in [6.07, 6.45) is 0.0420. The molecule has 1 amide bonds. The molecule has 1 atom stereocenters. The molecule has 86 valence electrons. The van der Waals surface area contributed by atoms with Crippen LogP contribution in [0.5, 0.6) is 0 Å². The molecule has 1 unspecified atom stereocenters. The van der Waals surface area contributed by atoms with E-state index >= 15 is 0 Å². The van der Waals surface area contributed by atoms with Crippen molar-refractivity contribution in [1.29, 1.82) is 0 Å². The zero-order valence-corrected chi connectivity index (χ0v) is 9.25. The number of amides is 1. The molecule has 0 aromatic heterocycles. The number of benzene rings is 1. The lowest BCUT2D eigenvalue weighted by Crippen LogP contribution is -2.30. The molecule has 0 aliphatic carbocycles. The van der Waals surface area contributed by atoms with Crippen LogP contribution in [-0.4, -0.2) is 35.1 Å². The predicted molar refractivity (Wildman–Crippen MR) is 57.9 cm³/mol. The van der Waals surface area contributed by atoms with Crippen molar-refractivity contribution in [2.24, 2.45) is 0 Å². The standard InChI is InChI=1S/C11H11ClFNO2/c12-7-1-2-9(10(13)5-7)11(16)14-4-3-8(15)6-14/h1-2,5,8,15H,3-4,6H2. The Balaban J connectivity index is 2.21. The molecule has 1 aromatic rings. The number of aliphatic hydroxyl groups excluding tert-OH is 1. The van der Waals surface area contributed by atoms with Crippen LogP contribution >= 0.6 is 11.6 Å². The maximum Gasteiger partial charge on any atom is 0.256 e. The van der Waals surface area contributed by atoms with Gasteiger partial charge in [-0.15, -0.1) is 0 Å². The summed E-state index contributed by atoms with van der Waals surface area (Å²) >= 11 is 5.60. The lowest BCUT2D eigenvalue weighted by Gasteiger charge is -2.15. The topological polar surface area (TPSA) is 40.5 Å². The Bertz CT molecular complexity index is 424. The van der Waals surface area contributed by atoms with E-state index in [1.807, 2.05) is 0 Å². The van der Waals surface area contributed by atoms with Crippen LogP contribution in [0, 0.1) is 5.82 Å². The van der Waals surface area contributed by atoms with Gasteiger partial charge < -0.3 is 10.0 Å². The molecule has 2 rings (SSSR count). The molecule has 16 heavy (non-hydrogen) atoms. The minimum atomic E-state index is -0.626. The number of rotatable bonds is 1. The Morgan fingerprint density at radius 1 is 1.56 bits per heavy atom. The maximum atomic E-state index is 13.5. The highest BCUT2D eigenvalue weighted by Crippen LogP contribution is 2.18. The Kier molecular flexibility index (Phi) is 3.12. The summed E-state index contributed by atoms with van der Waals surface area (Å²) in [5, 5.41) is 9.56. The summed E-state index contributed by atoms with van der Waals surface area (Å²) in [5.41, 5.74) is -0.00139. The quantitative estimate of drug-likeness (QED) is 0.815. The minimum absolute atomic E-state index is 0.00139. The first-order valence-electron chi connectivity index (χ1n) is 5.00. The SMILES string of the molecule is O=C(c1ccc(Cl)cc1F)N1CCC(O)C1. The number of nitrogens with zero attached hydrogens (tertiary/aromatic N) is 1. The van der Waals surface area contributed by atoms with E-state index in [4.69, 9.17) is 11.6 Å². The van der Waals surface area contributed by atoms with Gasteiger partial charge in [-0.3, -0.25) is 4.79 Å². The van der Waals surface area contributed by atoms with Crippen molar-refractivity contribution in [2.45, 2.75) is 12.5 Å². The number of aliphatic hydroxyl groups is 1. The van der Waals surface area contributed by atoms with Crippen molar-refractivity contribution < 1.29 is 14.3 Å². The average Bonchev–Trinajstić information content (AvgIpc) is 2.64. The van der Waals surface area contributed by atoms with Gasteiger partial charge in [-0.1, -0.05) is 11.6 Å². The maximum absolute atomic E-state index is 13.5. The van der Waals surface area contributed by atoms with Crippen LogP contribution in [0.3, 0.4) is 0 Å². The van der Waals surface area contributed by atoms with Crippen LogP contribution in [0.4, 0.5) is 4.39 Å². The molecule has 0 bridgehead atoms. The van der Waals surface area contributed by atoms with E-state index in [1.165, 1.54) is 17.0 Å². The van der Waals surface area contributed by atoms with Crippen LogP contribution in [0.2, 0.25) is 5.02 Å². The molecular weight excluding hydrogens is 233 g/mol. The molecule has 0 radical (unpaired) electrons. The monoisotopic (exact) mass is 243 g/mol. The minimum Gasteiger partial charge on any atom is -0.391 e. The van der Waals surface area contributed by atoms with Crippen LogP contribution < -0.4 is 0 Å². The van der Waals surface area contributed by atoms with Crippen molar-refractivity contribution >= 4 is 17.5 Å². The van der Waals surface area contributed by atoms with Gasteiger partial charge in [0.05, 0.1) is 11.7 Å². The van der Waals surface area contributed by atoms with Gasteiger partial charge >= 0.3 is 0 Å². The fraction of sp³-hybridized carbons (Fsp3) is 0.364. The van der Waals surface area contributed by atoms with Crippen LogP contribution in [-0.2, 0) is 0 Å². The zero-order chi connectivity index (χ0) is 11.7. The first-order valence-corrected chi connectivity index (χ1v) is 5.38. The summed E-state index contributed by atoms with van der Waals surface area (Å²) in [4.78, 5) is 13.3. The number of halogens is 2. The third-order valence-electron chi connectivity index (χ3n) is 2.61.